The second-order valence-corrected chi connectivity index (χ2v) is 6.55. The fourth-order valence-corrected chi connectivity index (χ4v) is 2.67. The fourth-order valence-electron chi connectivity index (χ4n) is 2.31. The van der Waals surface area contributed by atoms with E-state index < -0.39 is 11.9 Å². The number of carboxylic acids is 1. The van der Waals surface area contributed by atoms with Gasteiger partial charge in [0.05, 0.1) is 31.1 Å². The molecular formula is C20H22BrNO6. The summed E-state index contributed by atoms with van der Waals surface area (Å²) in [5.74, 6) is -1.03. The van der Waals surface area contributed by atoms with Gasteiger partial charge in [0.25, 0.3) is 5.91 Å². The molecule has 0 unspecified atom stereocenters. The highest BCUT2D eigenvalue weighted by atomic mass is 79.9. The Hall–Kier alpha value is -2.42. The van der Waals surface area contributed by atoms with Gasteiger partial charge in [-0.05, 0) is 43.3 Å². The largest absolute Gasteiger partial charge is 0.491 e. The average molecular weight is 452 g/mol. The molecule has 0 aliphatic rings. The van der Waals surface area contributed by atoms with Crippen LogP contribution in [0.1, 0.15) is 27.6 Å². The molecule has 1 amide bonds. The van der Waals surface area contributed by atoms with Crippen LogP contribution < -0.4 is 10.1 Å². The molecule has 28 heavy (non-hydrogen) atoms. The molecule has 0 saturated carbocycles. The normalized spacial score (nSPS) is 10.5. The zero-order valence-corrected chi connectivity index (χ0v) is 17.0. The number of aromatic carboxylic acids is 1. The second-order valence-electron chi connectivity index (χ2n) is 5.63. The lowest BCUT2D eigenvalue weighted by molar-refractivity contribution is 0.0405. The Morgan fingerprint density at radius 2 is 1.79 bits per heavy atom. The summed E-state index contributed by atoms with van der Waals surface area (Å²) in [6.45, 7) is 4.37. The van der Waals surface area contributed by atoms with Gasteiger partial charge >= 0.3 is 5.97 Å². The van der Waals surface area contributed by atoms with Crippen LogP contribution in [0, 0.1) is 0 Å². The maximum Gasteiger partial charge on any atom is 0.337 e. The van der Waals surface area contributed by atoms with E-state index in [-0.39, 0.29) is 11.3 Å². The number of hydrogen-bond acceptors (Lipinski definition) is 5. The predicted octanol–water partition coefficient (Wildman–Crippen LogP) is 3.83. The van der Waals surface area contributed by atoms with Crippen molar-refractivity contribution >= 4 is 33.5 Å². The molecule has 8 heteroatoms. The summed E-state index contributed by atoms with van der Waals surface area (Å²) in [6, 6.07) is 11.3. The van der Waals surface area contributed by atoms with Crippen LogP contribution in [0.15, 0.2) is 46.9 Å². The van der Waals surface area contributed by atoms with Gasteiger partial charge in [0.15, 0.2) is 0 Å². The van der Waals surface area contributed by atoms with Crippen molar-refractivity contribution in [2.45, 2.75) is 6.92 Å². The minimum absolute atomic E-state index is 0.000619. The van der Waals surface area contributed by atoms with E-state index in [1.165, 1.54) is 12.1 Å². The summed E-state index contributed by atoms with van der Waals surface area (Å²) in [6.07, 6.45) is 0. The third-order valence-corrected chi connectivity index (χ3v) is 4.12. The smallest absolute Gasteiger partial charge is 0.337 e. The molecule has 0 saturated heterocycles. The Balaban J connectivity index is 1.93. The molecule has 0 atom stereocenters. The number of carboxylic acid groups (broad SMARTS) is 1. The molecule has 0 heterocycles. The first-order valence-corrected chi connectivity index (χ1v) is 9.53. The lowest BCUT2D eigenvalue weighted by atomic mass is 10.1. The van der Waals surface area contributed by atoms with E-state index in [4.69, 9.17) is 14.2 Å². The van der Waals surface area contributed by atoms with Crippen molar-refractivity contribution in [1.82, 2.24) is 0 Å². The van der Waals surface area contributed by atoms with Gasteiger partial charge in [0.2, 0.25) is 0 Å². The Morgan fingerprint density at radius 1 is 1.04 bits per heavy atom. The molecule has 0 aromatic heterocycles. The molecule has 2 aromatic carbocycles. The van der Waals surface area contributed by atoms with Crippen LogP contribution in [0.2, 0.25) is 0 Å². The van der Waals surface area contributed by atoms with Gasteiger partial charge in [-0.3, -0.25) is 4.79 Å². The molecule has 0 aliphatic heterocycles. The summed E-state index contributed by atoms with van der Waals surface area (Å²) in [7, 11) is 0. The van der Waals surface area contributed by atoms with E-state index >= 15 is 0 Å². The van der Waals surface area contributed by atoms with E-state index in [9.17, 15) is 14.7 Å². The van der Waals surface area contributed by atoms with E-state index in [1.807, 2.05) is 6.92 Å². The molecule has 2 aromatic rings. The van der Waals surface area contributed by atoms with Crippen LogP contribution in [0.3, 0.4) is 0 Å². The first-order chi connectivity index (χ1) is 13.5. The number of halogens is 1. The monoisotopic (exact) mass is 451 g/mol. The van der Waals surface area contributed by atoms with Crippen molar-refractivity contribution in [2.24, 2.45) is 0 Å². The molecule has 0 aliphatic carbocycles. The van der Waals surface area contributed by atoms with Crippen molar-refractivity contribution in [3.05, 3.63) is 58.1 Å². The molecule has 0 bridgehead atoms. The number of carbonyl (C=O) groups excluding carboxylic acids is 1. The van der Waals surface area contributed by atoms with Crippen LogP contribution in [-0.2, 0) is 9.47 Å². The molecule has 2 rings (SSSR count). The number of hydrogen-bond donors (Lipinski definition) is 2. The zero-order valence-electron chi connectivity index (χ0n) is 15.4. The summed E-state index contributed by atoms with van der Waals surface area (Å²) < 4.78 is 16.7. The summed E-state index contributed by atoms with van der Waals surface area (Å²) >= 11 is 3.22. The van der Waals surface area contributed by atoms with Crippen LogP contribution in [-0.4, -0.2) is 50.0 Å². The first-order valence-electron chi connectivity index (χ1n) is 8.73. The maximum absolute atomic E-state index is 12.5. The number of amides is 1. The lowest BCUT2D eigenvalue weighted by Crippen LogP contribution is -2.15. The van der Waals surface area contributed by atoms with E-state index in [2.05, 4.69) is 21.2 Å². The summed E-state index contributed by atoms with van der Waals surface area (Å²) in [4.78, 5) is 23.9. The number of ether oxygens (including phenoxy) is 3. The van der Waals surface area contributed by atoms with Crippen LogP contribution in [0.25, 0.3) is 0 Å². The van der Waals surface area contributed by atoms with Gasteiger partial charge in [-0.2, -0.15) is 0 Å². The zero-order chi connectivity index (χ0) is 20.4. The lowest BCUT2D eigenvalue weighted by Gasteiger charge is -2.11. The highest BCUT2D eigenvalue weighted by molar-refractivity contribution is 9.10. The number of rotatable bonds is 11. The average Bonchev–Trinajstić information content (AvgIpc) is 2.68. The quantitative estimate of drug-likeness (QED) is 0.504. The van der Waals surface area contributed by atoms with Crippen LogP contribution in [0.4, 0.5) is 5.69 Å². The van der Waals surface area contributed by atoms with Gasteiger partial charge in [0, 0.05) is 16.6 Å². The van der Waals surface area contributed by atoms with Crippen molar-refractivity contribution < 1.29 is 28.9 Å². The topological polar surface area (TPSA) is 94.1 Å². The third kappa shape index (κ3) is 6.95. The first kappa shape index (κ1) is 21.9. The summed E-state index contributed by atoms with van der Waals surface area (Å²) in [5, 5.41) is 11.9. The molecule has 2 N–H and O–H groups in total. The number of carbonyl (C=O) groups is 2. The molecule has 150 valence electrons. The van der Waals surface area contributed by atoms with E-state index in [0.29, 0.717) is 48.8 Å². The van der Waals surface area contributed by atoms with Crippen molar-refractivity contribution in [2.75, 3.05) is 38.4 Å². The van der Waals surface area contributed by atoms with Crippen molar-refractivity contribution in [1.29, 1.82) is 0 Å². The highest BCUT2D eigenvalue weighted by Gasteiger charge is 2.14. The minimum Gasteiger partial charge on any atom is -0.491 e. The van der Waals surface area contributed by atoms with Gasteiger partial charge in [-0.1, -0.05) is 22.0 Å². The molecule has 0 radical (unpaired) electrons. The maximum atomic E-state index is 12.5. The predicted molar refractivity (Wildman–Crippen MR) is 108 cm³/mol. The number of anilines is 1. The van der Waals surface area contributed by atoms with Gasteiger partial charge in [-0.15, -0.1) is 0 Å². The highest BCUT2D eigenvalue weighted by Crippen LogP contribution is 2.22. The summed E-state index contributed by atoms with van der Waals surface area (Å²) in [5.41, 5.74) is 0.572. The van der Waals surface area contributed by atoms with Crippen molar-refractivity contribution in [3.8, 4) is 5.75 Å². The Kier molecular flexibility index (Phi) is 8.93. The minimum atomic E-state index is -1.13. The van der Waals surface area contributed by atoms with Gasteiger partial charge in [0.1, 0.15) is 12.4 Å². The molecular weight excluding hydrogens is 430 g/mol. The number of benzene rings is 2. The van der Waals surface area contributed by atoms with E-state index in [0.717, 1.165) is 0 Å². The van der Waals surface area contributed by atoms with E-state index in [1.54, 1.807) is 30.3 Å². The van der Waals surface area contributed by atoms with Crippen LogP contribution >= 0.6 is 15.9 Å². The van der Waals surface area contributed by atoms with Gasteiger partial charge in [-0.25, -0.2) is 4.79 Å². The molecule has 7 nitrogen and oxygen atoms in total. The Morgan fingerprint density at radius 3 is 2.54 bits per heavy atom. The SMILES string of the molecule is CCOCCOCCOc1cccc(C(=O)Nc2ccc(Br)cc2C(=O)O)c1. The van der Waals surface area contributed by atoms with Gasteiger partial charge < -0.3 is 24.6 Å². The number of nitrogens with one attached hydrogen (secondary N) is 1. The molecule has 0 spiro atoms. The molecule has 0 fully saturated rings. The fraction of sp³-hybridized carbons (Fsp3) is 0.300. The van der Waals surface area contributed by atoms with Crippen LogP contribution in [0.5, 0.6) is 5.75 Å². The Bertz CT molecular complexity index is 811. The Labute approximate surface area is 171 Å². The van der Waals surface area contributed by atoms with Crippen molar-refractivity contribution in [3.63, 3.8) is 0 Å². The second kappa shape index (κ2) is 11.4. The standard InChI is InChI=1S/C20H22BrNO6/c1-2-26-8-9-27-10-11-28-16-5-3-4-14(12-16)19(23)22-18-7-6-15(21)13-17(18)20(24)25/h3-7,12-13H,2,8-11H2,1H3,(H,22,23)(H,24,25). The third-order valence-electron chi connectivity index (χ3n) is 3.63.